The van der Waals surface area contributed by atoms with E-state index in [4.69, 9.17) is 21.1 Å². The van der Waals surface area contributed by atoms with E-state index in [1.165, 1.54) is 4.90 Å². The van der Waals surface area contributed by atoms with E-state index in [-0.39, 0.29) is 24.3 Å². The van der Waals surface area contributed by atoms with Crippen molar-refractivity contribution in [1.29, 1.82) is 0 Å². The van der Waals surface area contributed by atoms with Crippen LogP contribution in [0.2, 0.25) is 5.02 Å². The van der Waals surface area contributed by atoms with Crippen LogP contribution in [0.25, 0.3) is 6.08 Å². The molecule has 0 N–H and O–H groups in total. The van der Waals surface area contributed by atoms with Crippen molar-refractivity contribution in [3.8, 4) is 11.5 Å². The minimum Gasteiger partial charge on any atom is -0.493 e. The maximum absolute atomic E-state index is 12.9. The molecule has 1 saturated heterocycles. The molecule has 1 aliphatic rings. The number of nitrogens with zero attached hydrogens (tertiary/aromatic N) is 1. The summed E-state index contributed by atoms with van der Waals surface area (Å²) >= 11 is 7.16. The van der Waals surface area contributed by atoms with Crippen molar-refractivity contribution < 1.29 is 19.1 Å². The number of hydrogen-bond donors (Lipinski definition) is 0. The quantitative estimate of drug-likeness (QED) is 0.391. The summed E-state index contributed by atoms with van der Waals surface area (Å²) in [6.45, 7) is 0.465. The van der Waals surface area contributed by atoms with Crippen molar-refractivity contribution in [3.05, 3.63) is 99.4 Å². The van der Waals surface area contributed by atoms with Gasteiger partial charge in [0.05, 0.1) is 18.6 Å². The van der Waals surface area contributed by atoms with Gasteiger partial charge in [-0.3, -0.25) is 14.5 Å². The molecule has 1 aliphatic heterocycles. The van der Waals surface area contributed by atoms with Crippen LogP contribution in [0, 0.1) is 0 Å². The van der Waals surface area contributed by atoms with Crippen LogP contribution >= 0.6 is 23.4 Å². The third-order valence-electron chi connectivity index (χ3n) is 4.90. The highest BCUT2D eigenvalue weighted by Crippen LogP contribution is 2.38. The summed E-state index contributed by atoms with van der Waals surface area (Å²) in [5, 5.41) is 0.303. The standard InChI is InChI=1S/C25H20ClNO4S/c1-30-21-13-7-11-18(23(21)31-16-19-10-5-6-12-20(19)26)14-22-24(28)27(25(29)32-22)15-17-8-3-2-4-9-17/h2-14H,15-16H2,1H3/b22-14-. The average Bonchev–Trinajstić information content (AvgIpc) is 3.07. The Morgan fingerprint density at radius 1 is 0.969 bits per heavy atom. The van der Waals surface area contributed by atoms with Gasteiger partial charge < -0.3 is 9.47 Å². The normalized spacial score (nSPS) is 14.8. The minimum absolute atomic E-state index is 0.233. The van der Waals surface area contributed by atoms with Gasteiger partial charge >= 0.3 is 0 Å². The summed E-state index contributed by atoms with van der Waals surface area (Å²) in [6, 6.07) is 22.2. The molecule has 0 aliphatic carbocycles. The number of carbonyl (C=O) groups excluding carboxylic acids is 2. The van der Waals surface area contributed by atoms with E-state index in [1.807, 2.05) is 54.6 Å². The molecule has 0 unspecified atom stereocenters. The Balaban J connectivity index is 1.60. The molecule has 2 amide bonds. The third-order valence-corrected chi connectivity index (χ3v) is 6.18. The Labute approximate surface area is 195 Å². The molecule has 0 radical (unpaired) electrons. The van der Waals surface area contributed by atoms with Crippen molar-refractivity contribution in [2.75, 3.05) is 7.11 Å². The largest absolute Gasteiger partial charge is 0.493 e. The summed E-state index contributed by atoms with van der Waals surface area (Å²) < 4.78 is 11.5. The highest BCUT2D eigenvalue weighted by atomic mass is 35.5. The van der Waals surface area contributed by atoms with E-state index in [9.17, 15) is 9.59 Å². The molecule has 0 bridgehead atoms. The first-order chi connectivity index (χ1) is 15.6. The van der Waals surface area contributed by atoms with E-state index in [0.717, 1.165) is 22.9 Å². The summed E-state index contributed by atoms with van der Waals surface area (Å²) in [5.41, 5.74) is 2.36. The molecule has 3 aromatic rings. The first-order valence-corrected chi connectivity index (χ1v) is 11.1. The Morgan fingerprint density at radius 3 is 2.47 bits per heavy atom. The Hall–Kier alpha value is -3.22. The number of carbonyl (C=O) groups is 2. The monoisotopic (exact) mass is 465 g/mol. The Bertz CT molecular complexity index is 1180. The number of thioether (sulfide) groups is 1. The van der Waals surface area contributed by atoms with Crippen molar-refractivity contribution in [2.45, 2.75) is 13.2 Å². The van der Waals surface area contributed by atoms with Gasteiger partial charge in [-0.05, 0) is 35.5 Å². The van der Waals surface area contributed by atoms with Gasteiger partial charge in [0.25, 0.3) is 11.1 Å². The maximum Gasteiger partial charge on any atom is 0.293 e. The molecule has 0 aromatic heterocycles. The summed E-state index contributed by atoms with van der Waals surface area (Å²) in [7, 11) is 1.55. The molecule has 0 atom stereocenters. The fourth-order valence-corrected chi connectivity index (χ4v) is 4.29. The Morgan fingerprint density at radius 2 is 1.72 bits per heavy atom. The number of methoxy groups -OCH3 is 1. The van der Waals surface area contributed by atoms with E-state index in [0.29, 0.717) is 27.0 Å². The molecule has 0 saturated carbocycles. The van der Waals surface area contributed by atoms with Crippen molar-refractivity contribution in [1.82, 2.24) is 4.90 Å². The van der Waals surface area contributed by atoms with Gasteiger partial charge in [-0.25, -0.2) is 0 Å². The molecule has 7 heteroatoms. The average molecular weight is 466 g/mol. The lowest BCUT2D eigenvalue weighted by Crippen LogP contribution is -2.27. The number of ether oxygens (including phenoxy) is 2. The van der Waals surface area contributed by atoms with Crippen LogP contribution in [0.15, 0.2) is 77.7 Å². The second-order valence-corrected chi connectivity index (χ2v) is 8.41. The molecule has 5 nitrogen and oxygen atoms in total. The maximum atomic E-state index is 12.9. The van der Waals surface area contributed by atoms with Gasteiger partial charge in [0.2, 0.25) is 0 Å². The molecule has 1 fully saturated rings. The summed E-state index contributed by atoms with van der Waals surface area (Å²) in [5.74, 6) is 0.669. The second-order valence-electron chi connectivity index (χ2n) is 7.01. The lowest BCUT2D eigenvalue weighted by atomic mass is 10.1. The number of imide groups is 1. The Kier molecular flexibility index (Phi) is 6.83. The molecule has 162 valence electrons. The fourth-order valence-electron chi connectivity index (χ4n) is 3.27. The predicted molar refractivity (Wildman–Crippen MR) is 127 cm³/mol. The van der Waals surface area contributed by atoms with Gasteiger partial charge in [0.1, 0.15) is 6.61 Å². The highest BCUT2D eigenvalue weighted by molar-refractivity contribution is 8.18. The van der Waals surface area contributed by atoms with E-state index < -0.39 is 0 Å². The number of para-hydroxylation sites is 1. The molecule has 0 spiro atoms. The van der Waals surface area contributed by atoms with Gasteiger partial charge in [-0.1, -0.05) is 72.3 Å². The van der Waals surface area contributed by atoms with Crippen molar-refractivity contribution in [2.24, 2.45) is 0 Å². The SMILES string of the molecule is COc1cccc(/C=C2\SC(=O)N(Cc3ccccc3)C2=O)c1OCc1ccccc1Cl. The van der Waals surface area contributed by atoms with Crippen LogP contribution in [0.1, 0.15) is 16.7 Å². The number of benzene rings is 3. The third kappa shape index (κ3) is 4.82. The molecule has 4 rings (SSSR count). The molecular formula is C25H20ClNO4S. The highest BCUT2D eigenvalue weighted by Gasteiger charge is 2.35. The molecular weight excluding hydrogens is 446 g/mol. The fraction of sp³-hybridized carbons (Fsp3) is 0.120. The summed E-state index contributed by atoms with van der Waals surface area (Å²) in [6.07, 6.45) is 1.67. The smallest absolute Gasteiger partial charge is 0.293 e. The summed E-state index contributed by atoms with van der Waals surface area (Å²) in [4.78, 5) is 27.0. The second kappa shape index (κ2) is 9.94. The van der Waals surface area contributed by atoms with E-state index >= 15 is 0 Å². The number of amides is 2. The van der Waals surface area contributed by atoms with Crippen LogP contribution in [-0.4, -0.2) is 23.2 Å². The van der Waals surface area contributed by atoms with Crippen LogP contribution < -0.4 is 9.47 Å². The van der Waals surface area contributed by atoms with Gasteiger partial charge in [-0.15, -0.1) is 0 Å². The lowest BCUT2D eigenvalue weighted by Gasteiger charge is -2.14. The van der Waals surface area contributed by atoms with Crippen LogP contribution in [0.4, 0.5) is 4.79 Å². The van der Waals surface area contributed by atoms with Crippen LogP contribution in [-0.2, 0) is 17.9 Å². The number of halogens is 1. The minimum atomic E-state index is -0.330. The van der Waals surface area contributed by atoms with E-state index in [2.05, 4.69) is 0 Å². The first kappa shape index (κ1) is 22.0. The van der Waals surface area contributed by atoms with Crippen molar-refractivity contribution in [3.63, 3.8) is 0 Å². The van der Waals surface area contributed by atoms with Crippen LogP contribution in [0.5, 0.6) is 11.5 Å². The zero-order valence-electron chi connectivity index (χ0n) is 17.3. The number of rotatable bonds is 7. The number of hydrogen-bond acceptors (Lipinski definition) is 5. The molecule has 32 heavy (non-hydrogen) atoms. The molecule has 3 aromatic carbocycles. The molecule has 1 heterocycles. The van der Waals surface area contributed by atoms with E-state index in [1.54, 1.807) is 31.4 Å². The van der Waals surface area contributed by atoms with Crippen molar-refractivity contribution >= 4 is 40.6 Å². The lowest BCUT2D eigenvalue weighted by molar-refractivity contribution is -0.123. The predicted octanol–water partition coefficient (Wildman–Crippen LogP) is 6.16. The topological polar surface area (TPSA) is 55.8 Å². The zero-order chi connectivity index (χ0) is 22.5. The van der Waals surface area contributed by atoms with Gasteiger partial charge in [0.15, 0.2) is 11.5 Å². The first-order valence-electron chi connectivity index (χ1n) is 9.89. The zero-order valence-corrected chi connectivity index (χ0v) is 18.9. The van der Waals surface area contributed by atoms with Gasteiger partial charge in [0, 0.05) is 16.1 Å². The van der Waals surface area contributed by atoms with Gasteiger partial charge in [-0.2, -0.15) is 0 Å². The van der Waals surface area contributed by atoms with Crippen LogP contribution in [0.3, 0.4) is 0 Å².